The number of nitrogens with one attached hydrogen (secondary N) is 1. The van der Waals surface area contributed by atoms with Gasteiger partial charge < -0.3 is 4.42 Å². The Bertz CT molecular complexity index is 1010. The fourth-order valence-electron chi connectivity index (χ4n) is 2.02. The van der Waals surface area contributed by atoms with Crippen LogP contribution in [-0.2, 0) is 0 Å². The lowest BCUT2D eigenvalue weighted by molar-refractivity contribution is 0.102. The van der Waals surface area contributed by atoms with Crippen molar-refractivity contribution in [3.8, 4) is 11.5 Å². The van der Waals surface area contributed by atoms with Gasteiger partial charge in [0.2, 0.25) is 5.89 Å². The first kappa shape index (κ1) is 19.1. The standard InChI is InChI=1S/C15H9ClF5N3O2S/c16-11-5-1-10(2-6-11)14-23-24-15(26-14)22-13(25)9-3-7-12(8-4-9)27(17,18,19,20)21/h1-8H,(H,22,24,25). The second kappa shape index (κ2) is 5.67. The van der Waals surface area contributed by atoms with Crippen molar-refractivity contribution in [1.29, 1.82) is 0 Å². The van der Waals surface area contributed by atoms with E-state index < -0.39 is 21.0 Å². The number of carbonyl (C=O) groups is 1. The highest BCUT2D eigenvalue weighted by molar-refractivity contribution is 8.45. The van der Waals surface area contributed by atoms with Crippen molar-refractivity contribution in [3.63, 3.8) is 0 Å². The molecule has 0 radical (unpaired) electrons. The summed E-state index contributed by atoms with van der Waals surface area (Å²) in [4.78, 5) is 9.92. The van der Waals surface area contributed by atoms with E-state index in [2.05, 4.69) is 15.5 Å². The van der Waals surface area contributed by atoms with Gasteiger partial charge in [0, 0.05) is 16.1 Å². The van der Waals surface area contributed by atoms with Crippen LogP contribution in [-0.4, -0.2) is 16.1 Å². The van der Waals surface area contributed by atoms with Gasteiger partial charge in [-0.15, -0.1) is 5.10 Å². The summed E-state index contributed by atoms with van der Waals surface area (Å²) in [6, 6.07) is 7.58. The molecule has 1 amide bonds. The van der Waals surface area contributed by atoms with Gasteiger partial charge in [0.15, 0.2) is 0 Å². The average molecular weight is 426 g/mol. The molecule has 0 aliphatic rings. The van der Waals surface area contributed by atoms with Crippen molar-refractivity contribution in [3.05, 3.63) is 59.1 Å². The molecule has 0 unspecified atom stereocenters. The molecular formula is C15H9ClF5N3O2S. The van der Waals surface area contributed by atoms with Gasteiger partial charge in [0.05, 0.1) is 0 Å². The maximum Gasteiger partial charge on any atom is 0.322 e. The van der Waals surface area contributed by atoms with Gasteiger partial charge in [-0.25, -0.2) is 0 Å². The van der Waals surface area contributed by atoms with Crippen molar-refractivity contribution < 1.29 is 28.6 Å². The first-order chi connectivity index (χ1) is 12.3. The molecule has 1 heterocycles. The number of carbonyl (C=O) groups excluding carboxylic acids is 1. The van der Waals surface area contributed by atoms with Crippen molar-refractivity contribution in [2.45, 2.75) is 4.90 Å². The van der Waals surface area contributed by atoms with Gasteiger partial charge in [-0.2, -0.15) is 0 Å². The van der Waals surface area contributed by atoms with E-state index in [0.717, 1.165) is 0 Å². The lowest BCUT2D eigenvalue weighted by Crippen LogP contribution is -2.13. The molecule has 0 spiro atoms. The SMILES string of the molecule is O=C(Nc1nnc(-c2ccc(Cl)cc2)o1)c1ccc(S(F)(F)(F)(F)F)cc1. The van der Waals surface area contributed by atoms with E-state index in [-0.39, 0.29) is 29.6 Å². The Morgan fingerprint density at radius 2 is 1.52 bits per heavy atom. The number of amides is 1. The van der Waals surface area contributed by atoms with Crippen molar-refractivity contribution in [2.24, 2.45) is 0 Å². The van der Waals surface area contributed by atoms with Gasteiger partial charge >= 0.3 is 16.2 Å². The largest absolute Gasteiger partial charge is 0.403 e. The minimum atomic E-state index is -9.79. The Hall–Kier alpha value is -2.66. The van der Waals surface area contributed by atoms with Gasteiger partial charge in [-0.3, -0.25) is 10.1 Å². The molecular weight excluding hydrogens is 417 g/mol. The number of hydrogen-bond acceptors (Lipinski definition) is 4. The van der Waals surface area contributed by atoms with Gasteiger partial charge in [-0.1, -0.05) is 36.1 Å². The van der Waals surface area contributed by atoms with Gasteiger partial charge in [0.25, 0.3) is 5.91 Å². The maximum atomic E-state index is 12.7. The fraction of sp³-hybridized carbons (Fsp3) is 0. The van der Waals surface area contributed by atoms with Crippen LogP contribution in [0.2, 0.25) is 5.02 Å². The number of benzene rings is 2. The molecule has 3 aromatic rings. The van der Waals surface area contributed by atoms with Crippen LogP contribution in [0.4, 0.5) is 25.4 Å². The Kier molecular flexibility index (Phi) is 4.01. The summed E-state index contributed by atoms with van der Waals surface area (Å²) in [6.07, 6.45) is 0. The van der Waals surface area contributed by atoms with Crippen LogP contribution in [0, 0.1) is 0 Å². The van der Waals surface area contributed by atoms with Crippen molar-refractivity contribution in [2.75, 3.05) is 5.32 Å². The molecule has 0 aliphatic heterocycles. The third kappa shape index (κ3) is 4.55. The van der Waals surface area contributed by atoms with E-state index in [1.165, 1.54) is 0 Å². The van der Waals surface area contributed by atoms with E-state index >= 15 is 0 Å². The number of aromatic nitrogens is 2. The molecule has 12 heteroatoms. The van der Waals surface area contributed by atoms with Crippen LogP contribution in [0.25, 0.3) is 11.5 Å². The van der Waals surface area contributed by atoms with E-state index in [4.69, 9.17) is 16.0 Å². The third-order valence-electron chi connectivity index (χ3n) is 3.30. The second-order valence-electron chi connectivity index (χ2n) is 5.37. The summed E-state index contributed by atoms with van der Waals surface area (Å²) in [6.45, 7) is 0. The zero-order chi connectivity index (χ0) is 19.9. The molecule has 0 fully saturated rings. The Balaban J connectivity index is 1.76. The zero-order valence-corrected chi connectivity index (χ0v) is 14.6. The molecule has 1 aromatic heterocycles. The zero-order valence-electron chi connectivity index (χ0n) is 13.0. The smallest absolute Gasteiger partial charge is 0.322 e. The molecule has 3 rings (SSSR count). The van der Waals surface area contributed by atoms with Crippen molar-refractivity contribution in [1.82, 2.24) is 10.2 Å². The third-order valence-corrected chi connectivity index (χ3v) is 4.71. The summed E-state index contributed by atoms with van der Waals surface area (Å²) in [5, 5.41) is 9.95. The minimum absolute atomic E-state index is 0.0678. The number of rotatable bonds is 4. The topological polar surface area (TPSA) is 68.0 Å². The normalized spacial score (nSPS) is 14.3. The summed E-state index contributed by atoms with van der Waals surface area (Å²) >= 11 is 5.76. The molecule has 0 bridgehead atoms. The molecule has 0 aliphatic carbocycles. The number of nitrogens with zero attached hydrogens (tertiary/aromatic N) is 2. The molecule has 5 nitrogen and oxygen atoms in total. The minimum Gasteiger partial charge on any atom is -0.403 e. The maximum absolute atomic E-state index is 12.7. The number of anilines is 1. The van der Waals surface area contributed by atoms with E-state index in [0.29, 0.717) is 22.7 Å². The lowest BCUT2D eigenvalue weighted by Gasteiger charge is -2.40. The second-order valence-corrected chi connectivity index (χ2v) is 8.21. The van der Waals surface area contributed by atoms with Gasteiger partial charge in [0.1, 0.15) is 4.90 Å². The monoisotopic (exact) mass is 425 g/mol. The predicted molar refractivity (Wildman–Crippen MR) is 90.5 cm³/mol. The van der Waals surface area contributed by atoms with Crippen LogP contribution in [0.3, 0.4) is 0 Å². The quantitative estimate of drug-likeness (QED) is 0.498. The average Bonchev–Trinajstić information content (AvgIpc) is 3.02. The molecule has 144 valence electrons. The van der Waals surface area contributed by atoms with Crippen LogP contribution in [0.15, 0.2) is 57.8 Å². The highest BCUT2D eigenvalue weighted by Crippen LogP contribution is 3.02. The first-order valence-electron chi connectivity index (χ1n) is 7.07. The molecule has 0 saturated carbocycles. The van der Waals surface area contributed by atoms with Crippen LogP contribution in [0.5, 0.6) is 0 Å². The lowest BCUT2D eigenvalue weighted by atomic mass is 10.2. The molecule has 0 saturated heterocycles. The van der Waals surface area contributed by atoms with Crippen LogP contribution in [0.1, 0.15) is 10.4 Å². The molecule has 0 atom stereocenters. The van der Waals surface area contributed by atoms with Crippen molar-refractivity contribution >= 4 is 33.7 Å². The predicted octanol–water partition coefficient (Wildman–Crippen LogP) is 6.30. The molecule has 2 aromatic carbocycles. The van der Waals surface area contributed by atoms with Gasteiger partial charge in [-0.05, 0) is 48.5 Å². The number of halogens is 6. The summed E-state index contributed by atoms with van der Waals surface area (Å²) in [7, 11) is -9.79. The highest BCUT2D eigenvalue weighted by Gasteiger charge is 2.65. The summed E-state index contributed by atoms with van der Waals surface area (Å²) in [5.74, 6) is -0.840. The Labute approximate surface area is 153 Å². The van der Waals surface area contributed by atoms with E-state index in [1.807, 2.05) is 0 Å². The molecule has 1 N–H and O–H groups in total. The number of hydrogen-bond donors (Lipinski definition) is 1. The van der Waals surface area contributed by atoms with Crippen LogP contribution >= 0.6 is 21.8 Å². The summed E-state index contributed by atoms with van der Waals surface area (Å²) < 4.78 is 68.6. The highest BCUT2D eigenvalue weighted by atomic mass is 35.5. The molecule has 27 heavy (non-hydrogen) atoms. The fourth-order valence-corrected chi connectivity index (χ4v) is 2.79. The van der Waals surface area contributed by atoms with E-state index in [1.54, 1.807) is 24.3 Å². The van der Waals surface area contributed by atoms with Crippen LogP contribution < -0.4 is 5.32 Å². The Morgan fingerprint density at radius 1 is 0.926 bits per heavy atom. The first-order valence-corrected chi connectivity index (χ1v) is 9.40. The summed E-state index contributed by atoms with van der Waals surface area (Å²) in [5.41, 5.74) is 0.222. The Morgan fingerprint density at radius 3 is 2.07 bits per heavy atom. The van der Waals surface area contributed by atoms with E-state index in [9.17, 15) is 24.2 Å².